The highest BCUT2D eigenvalue weighted by molar-refractivity contribution is 6.00. The van der Waals surface area contributed by atoms with Crippen molar-refractivity contribution >= 4 is 22.5 Å². The van der Waals surface area contributed by atoms with Crippen LogP contribution >= 0.6 is 0 Å². The molecule has 0 unspecified atom stereocenters. The molecule has 3 rings (SSSR count). The third-order valence-corrected chi connectivity index (χ3v) is 3.17. The van der Waals surface area contributed by atoms with E-state index in [1.807, 2.05) is 42.5 Å². The average molecular weight is 252 g/mol. The highest BCUT2D eigenvalue weighted by Crippen LogP contribution is 2.18. The van der Waals surface area contributed by atoms with E-state index in [0.29, 0.717) is 5.56 Å². The van der Waals surface area contributed by atoms with Crippen molar-refractivity contribution < 1.29 is 14.3 Å². The van der Waals surface area contributed by atoms with Crippen LogP contribution in [0.5, 0.6) is 0 Å². The van der Waals surface area contributed by atoms with Gasteiger partial charge in [-0.15, -0.1) is 0 Å². The molecular weight excluding hydrogens is 240 g/mol. The van der Waals surface area contributed by atoms with Gasteiger partial charge in [-0.1, -0.05) is 36.4 Å². The summed E-state index contributed by atoms with van der Waals surface area (Å²) in [6.07, 6.45) is 2.76. The number of carbonyl (C=O) groups is 2. The molecular formula is C16H12O3. The predicted octanol–water partition coefficient (Wildman–Crippen LogP) is 2.89. The van der Waals surface area contributed by atoms with Crippen molar-refractivity contribution in [1.29, 1.82) is 0 Å². The van der Waals surface area contributed by atoms with Gasteiger partial charge in [0.05, 0.1) is 6.42 Å². The minimum absolute atomic E-state index is 0.0184. The van der Waals surface area contributed by atoms with Crippen LogP contribution in [0.4, 0.5) is 0 Å². The molecule has 0 saturated carbocycles. The molecule has 0 spiro atoms. The van der Waals surface area contributed by atoms with Gasteiger partial charge in [-0.05, 0) is 22.9 Å². The molecule has 94 valence electrons. The van der Waals surface area contributed by atoms with Crippen LogP contribution in [0.3, 0.4) is 0 Å². The van der Waals surface area contributed by atoms with Gasteiger partial charge in [-0.2, -0.15) is 0 Å². The van der Waals surface area contributed by atoms with Gasteiger partial charge in [0, 0.05) is 11.6 Å². The first-order valence-electron chi connectivity index (χ1n) is 6.13. The van der Waals surface area contributed by atoms with E-state index in [9.17, 15) is 9.59 Å². The number of carbonyl (C=O) groups excluding carboxylic acids is 2. The van der Waals surface area contributed by atoms with E-state index in [0.717, 1.165) is 10.8 Å². The summed E-state index contributed by atoms with van der Waals surface area (Å²) in [6, 6.07) is 13.5. The summed E-state index contributed by atoms with van der Waals surface area (Å²) in [5.41, 5.74) is 0.648. The number of rotatable bonds is 3. The van der Waals surface area contributed by atoms with Crippen LogP contribution in [-0.4, -0.2) is 17.9 Å². The van der Waals surface area contributed by atoms with Crippen molar-refractivity contribution in [3.8, 4) is 0 Å². The first-order valence-corrected chi connectivity index (χ1v) is 6.13. The monoisotopic (exact) mass is 252 g/mol. The highest BCUT2D eigenvalue weighted by Gasteiger charge is 2.20. The maximum atomic E-state index is 12.1. The molecule has 3 heteroatoms. The molecule has 2 aromatic carbocycles. The number of ether oxygens (including phenoxy) is 1. The molecule has 0 bridgehead atoms. The number of fused-ring (bicyclic) bond motifs is 1. The second-order valence-electron chi connectivity index (χ2n) is 4.52. The molecule has 0 amide bonds. The van der Waals surface area contributed by atoms with Crippen LogP contribution in [0.25, 0.3) is 10.8 Å². The van der Waals surface area contributed by atoms with Crippen molar-refractivity contribution in [2.45, 2.75) is 12.5 Å². The Hall–Kier alpha value is -2.42. The Morgan fingerprint density at radius 2 is 1.89 bits per heavy atom. The van der Waals surface area contributed by atoms with Gasteiger partial charge in [-0.3, -0.25) is 4.79 Å². The number of benzene rings is 2. The summed E-state index contributed by atoms with van der Waals surface area (Å²) in [6.45, 7) is 0. The SMILES string of the molecule is O=C1C=C[C@H](CC(=O)c2ccc3ccccc3c2)O1. The Labute approximate surface area is 110 Å². The van der Waals surface area contributed by atoms with Gasteiger partial charge >= 0.3 is 5.97 Å². The Kier molecular flexibility index (Phi) is 2.88. The summed E-state index contributed by atoms with van der Waals surface area (Å²) < 4.78 is 4.97. The zero-order valence-corrected chi connectivity index (χ0v) is 10.2. The van der Waals surface area contributed by atoms with Gasteiger partial charge in [0.15, 0.2) is 5.78 Å². The Morgan fingerprint density at radius 3 is 2.63 bits per heavy atom. The summed E-state index contributed by atoms with van der Waals surface area (Å²) >= 11 is 0. The lowest BCUT2D eigenvalue weighted by molar-refractivity contribution is -0.138. The summed E-state index contributed by atoms with van der Waals surface area (Å²) in [7, 11) is 0. The molecule has 0 aromatic heterocycles. The maximum Gasteiger partial charge on any atom is 0.331 e. The smallest absolute Gasteiger partial charge is 0.331 e. The number of ketones is 1. The second kappa shape index (κ2) is 4.69. The van der Waals surface area contributed by atoms with E-state index in [-0.39, 0.29) is 18.2 Å². The van der Waals surface area contributed by atoms with Crippen LogP contribution < -0.4 is 0 Å². The molecule has 1 atom stereocenters. The third kappa shape index (κ3) is 2.40. The molecule has 0 radical (unpaired) electrons. The largest absolute Gasteiger partial charge is 0.454 e. The fourth-order valence-corrected chi connectivity index (χ4v) is 2.19. The summed E-state index contributed by atoms with van der Waals surface area (Å²) in [4.78, 5) is 23.1. The molecule has 0 aliphatic carbocycles. The molecule has 3 nitrogen and oxygen atoms in total. The zero-order valence-electron chi connectivity index (χ0n) is 10.2. The summed E-state index contributed by atoms with van der Waals surface area (Å²) in [5, 5.41) is 2.14. The van der Waals surface area contributed by atoms with Crippen LogP contribution in [0.1, 0.15) is 16.8 Å². The molecule has 0 N–H and O–H groups in total. The van der Waals surface area contributed by atoms with E-state index >= 15 is 0 Å². The first-order chi connectivity index (χ1) is 9.22. The van der Waals surface area contributed by atoms with Crippen LogP contribution in [0.15, 0.2) is 54.6 Å². The number of Topliss-reactive ketones (excluding diaryl/α,β-unsaturated/α-hetero) is 1. The van der Waals surface area contributed by atoms with Crippen LogP contribution in [0, 0.1) is 0 Å². The average Bonchev–Trinajstić information content (AvgIpc) is 2.83. The Balaban J connectivity index is 1.81. The van der Waals surface area contributed by atoms with E-state index < -0.39 is 6.10 Å². The summed E-state index contributed by atoms with van der Waals surface area (Å²) in [5.74, 6) is -0.397. The Morgan fingerprint density at radius 1 is 1.11 bits per heavy atom. The van der Waals surface area contributed by atoms with Crippen molar-refractivity contribution in [3.05, 3.63) is 60.2 Å². The van der Waals surface area contributed by atoms with E-state index in [4.69, 9.17) is 4.74 Å². The minimum atomic E-state index is -0.425. The fourth-order valence-electron chi connectivity index (χ4n) is 2.19. The predicted molar refractivity (Wildman–Crippen MR) is 71.9 cm³/mol. The van der Waals surface area contributed by atoms with Crippen molar-refractivity contribution in [1.82, 2.24) is 0 Å². The molecule has 1 aliphatic heterocycles. The lowest BCUT2D eigenvalue weighted by Gasteiger charge is -2.08. The molecule has 0 fully saturated rings. The molecule has 19 heavy (non-hydrogen) atoms. The lowest BCUT2D eigenvalue weighted by Crippen LogP contribution is -2.13. The molecule has 1 heterocycles. The van der Waals surface area contributed by atoms with Crippen molar-refractivity contribution in [2.24, 2.45) is 0 Å². The van der Waals surface area contributed by atoms with Gasteiger partial charge < -0.3 is 4.74 Å². The van der Waals surface area contributed by atoms with E-state index in [1.54, 1.807) is 6.08 Å². The minimum Gasteiger partial charge on any atom is -0.454 e. The number of hydrogen-bond donors (Lipinski definition) is 0. The molecule has 0 saturated heterocycles. The van der Waals surface area contributed by atoms with Gasteiger partial charge in [0.1, 0.15) is 6.10 Å². The number of esters is 1. The fraction of sp³-hybridized carbons (Fsp3) is 0.125. The number of cyclic esters (lactones) is 1. The first kappa shape index (κ1) is 11.7. The standard InChI is InChI=1S/C16H12O3/c17-15(10-14-7-8-16(18)19-14)13-6-5-11-3-1-2-4-12(11)9-13/h1-9,14H,10H2/t14-/m1/s1. The normalized spacial score (nSPS) is 17.7. The quantitative estimate of drug-likeness (QED) is 0.623. The van der Waals surface area contributed by atoms with Crippen molar-refractivity contribution in [3.63, 3.8) is 0 Å². The van der Waals surface area contributed by atoms with Gasteiger partial charge in [0.2, 0.25) is 0 Å². The lowest BCUT2D eigenvalue weighted by atomic mass is 10.0. The van der Waals surface area contributed by atoms with E-state index in [1.165, 1.54) is 6.08 Å². The maximum absolute atomic E-state index is 12.1. The molecule has 1 aliphatic rings. The number of hydrogen-bond acceptors (Lipinski definition) is 3. The van der Waals surface area contributed by atoms with Crippen LogP contribution in [0.2, 0.25) is 0 Å². The third-order valence-electron chi connectivity index (χ3n) is 3.17. The van der Waals surface area contributed by atoms with Crippen LogP contribution in [-0.2, 0) is 9.53 Å². The topological polar surface area (TPSA) is 43.4 Å². The Bertz CT molecular complexity index is 685. The van der Waals surface area contributed by atoms with E-state index in [2.05, 4.69) is 0 Å². The zero-order chi connectivity index (χ0) is 13.2. The molecule has 2 aromatic rings. The highest BCUT2D eigenvalue weighted by atomic mass is 16.5. The second-order valence-corrected chi connectivity index (χ2v) is 4.52. The van der Waals surface area contributed by atoms with Gasteiger partial charge in [0.25, 0.3) is 0 Å². The van der Waals surface area contributed by atoms with Gasteiger partial charge in [-0.25, -0.2) is 4.79 Å². The van der Waals surface area contributed by atoms with Crippen molar-refractivity contribution in [2.75, 3.05) is 0 Å².